The maximum Gasteiger partial charge on any atom is 0.282 e. The molecule has 0 saturated heterocycles. The molecule has 0 aromatic heterocycles. The number of likely N-dealkylation sites (N-methyl/N-ethyl adjacent to an activating group) is 1. The number of hydrogen-bond acceptors (Lipinski definition) is 3. The zero-order valence-corrected chi connectivity index (χ0v) is 18.1. The summed E-state index contributed by atoms with van der Waals surface area (Å²) in [6, 6.07) is 13.2. The molecule has 0 aliphatic rings. The lowest BCUT2D eigenvalue weighted by Crippen LogP contribution is -3.12. The van der Waals surface area contributed by atoms with E-state index >= 15 is 0 Å². The van der Waals surface area contributed by atoms with Crippen LogP contribution >= 0.6 is 11.6 Å². The predicted octanol–water partition coefficient (Wildman–Crippen LogP) is 2.07. The van der Waals surface area contributed by atoms with Gasteiger partial charge in [-0.2, -0.15) is 0 Å². The van der Waals surface area contributed by atoms with Gasteiger partial charge in [-0.15, -0.1) is 0 Å². The van der Waals surface area contributed by atoms with Crippen LogP contribution in [-0.4, -0.2) is 33.5 Å². The van der Waals surface area contributed by atoms with E-state index in [4.69, 9.17) is 11.6 Å². The third-order valence-electron chi connectivity index (χ3n) is 4.33. The van der Waals surface area contributed by atoms with Gasteiger partial charge in [0.1, 0.15) is 6.54 Å². The van der Waals surface area contributed by atoms with Crippen LogP contribution in [0.4, 0.5) is 5.69 Å². The van der Waals surface area contributed by atoms with E-state index in [-0.39, 0.29) is 22.9 Å². The van der Waals surface area contributed by atoms with Crippen molar-refractivity contribution in [2.24, 2.45) is 0 Å². The Kier molecular flexibility index (Phi) is 7.60. The van der Waals surface area contributed by atoms with Crippen LogP contribution < -0.4 is 14.9 Å². The van der Waals surface area contributed by atoms with Gasteiger partial charge in [0.05, 0.1) is 11.9 Å². The Morgan fingerprint density at radius 3 is 2.32 bits per heavy atom. The normalized spacial score (nSPS) is 13.9. The number of nitrogens with one attached hydrogen (secondary N) is 3. The predicted molar refractivity (Wildman–Crippen MR) is 112 cm³/mol. The topological polar surface area (TPSA) is 79.7 Å². The van der Waals surface area contributed by atoms with Gasteiger partial charge >= 0.3 is 0 Å². The van der Waals surface area contributed by atoms with Gasteiger partial charge in [-0.25, -0.2) is 13.1 Å². The molecule has 0 aliphatic heterocycles. The molecule has 2 aromatic carbocycles. The summed E-state index contributed by atoms with van der Waals surface area (Å²) >= 11 is 6.01. The number of halogens is 1. The molecular formula is C20H27ClN3O3S+. The highest BCUT2D eigenvalue weighted by atomic mass is 35.5. The first-order chi connectivity index (χ1) is 13.1. The van der Waals surface area contributed by atoms with Crippen LogP contribution in [0.25, 0.3) is 0 Å². The standard InChI is InChI=1S/C20H26ClN3O3S/c1-14(2)23-28(26,27)19-10-8-18(9-11-19)22-20(25)15(3)24(4)13-16-6-5-7-17(21)12-16/h5-12,14-15,23H,13H2,1-4H3,(H,22,25)/p+1/t15-/m0/s1. The lowest BCUT2D eigenvalue weighted by atomic mass is 10.2. The zero-order chi connectivity index (χ0) is 20.9. The molecule has 152 valence electrons. The molecule has 1 amide bonds. The third kappa shape index (κ3) is 6.31. The van der Waals surface area contributed by atoms with Crippen LogP contribution in [0, 0.1) is 0 Å². The van der Waals surface area contributed by atoms with E-state index in [1.807, 2.05) is 38.2 Å². The van der Waals surface area contributed by atoms with Crippen LogP contribution in [0.1, 0.15) is 26.3 Å². The fourth-order valence-corrected chi connectivity index (χ4v) is 4.16. The van der Waals surface area contributed by atoms with Gasteiger partial charge < -0.3 is 10.2 Å². The molecule has 1 unspecified atom stereocenters. The van der Waals surface area contributed by atoms with E-state index in [1.54, 1.807) is 26.0 Å². The number of benzene rings is 2. The number of quaternary nitrogens is 1. The van der Waals surface area contributed by atoms with E-state index < -0.39 is 10.0 Å². The summed E-state index contributed by atoms with van der Waals surface area (Å²) in [6.07, 6.45) is 0. The fourth-order valence-electron chi connectivity index (χ4n) is 2.69. The second-order valence-electron chi connectivity index (χ2n) is 7.16. The second kappa shape index (κ2) is 9.52. The summed E-state index contributed by atoms with van der Waals surface area (Å²) in [5, 5.41) is 3.51. The van der Waals surface area contributed by atoms with Crippen LogP contribution in [0.3, 0.4) is 0 Å². The lowest BCUT2D eigenvalue weighted by Gasteiger charge is -2.21. The Bertz CT molecular complexity index is 915. The monoisotopic (exact) mass is 424 g/mol. The molecule has 3 N–H and O–H groups in total. The molecule has 6 nitrogen and oxygen atoms in total. The van der Waals surface area contributed by atoms with Crippen molar-refractivity contribution in [3.63, 3.8) is 0 Å². The van der Waals surface area contributed by atoms with Gasteiger partial charge in [-0.3, -0.25) is 4.79 Å². The highest BCUT2D eigenvalue weighted by Gasteiger charge is 2.22. The summed E-state index contributed by atoms with van der Waals surface area (Å²) in [5.74, 6) is -0.143. The Labute approximate surface area is 171 Å². The van der Waals surface area contributed by atoms with E-state index in [0.717, 1.165) is 10.5 Å². The SMILES string of the molecule is CC(C)NS(=O)(=O)c1ccc(NC(=O)[C@H](C)[NH+](C)Cc2cccc(Cl)c2)cc1. The molecule has 2 aromatic rings. The van der Waals surface area contributed by atoms with E-state index in [2.05, 4.69) is 10.0 Å². The highest BCUT2D eigenvalue weighted by Crippen LogP contribution is 2.14. The number of anilines is 1. The Morgan fingerprint density at radius 1 is 1.11 bits per heavy atom. The molecule has 0 fully saturated rings. The van der Waals surface area contributed by atoms with Gasteiger partial charge in [0.2, 0.25) is 10.0 Å². The van der Waals surface area contributed by atoms with Gasteiger partial charge in [0.15, 0.2) is 6.04 Å². The number of carbonyl (C=O) groups is 1. The number of hydrogen-bond donors (Lipinski definition) is 3. The summed E-state index contributed by atoms with van der Waals surface area (Å²) in [4.78, 5) is 13.7. The van der Waals surface area contributed by atoms with Crippen LogP contribution in [0.5, 0.6) is 0 Å². The molecule has 0 aliphatic carbocycles. The molecule has 2 atom stereocenters. The summed E-state index contributed by atoms with van der Waals surface area (Å²) in [7, 11) is -1.61. The van der Waals surface area contributed by atoms with Crippen molar-refractivity contribution in [2.45, 2.75) is 44.3 Å². The molecule has 8 heteroatoms. The fraction of sp³-hybridized carbons (Fsp3) is 0.350. The average molecular weight is 425 g/mol. The maximum atomic E-state index is 12.5. The van der Waals surface area contributed by atoms with Gasteiger partial charge in [0.25, 0.3) is 5.91 Å². The van der Waals surface area contributed by atoms with Crippen molar-refractivity contribution in [2.75, 3.05) is 12.4 Å². The Hall–Kier alpha value is -1.93. The van der Waals surface area contributed by atoms with Crippen LogP contribution in [0.15, 0.2) is 53.4 Å². The van der Waals surface area contributed by atoms with Crippen molar-refractivity contribution in [1.82, 2.24) is 4.72 Å². The molecule has 0 radical (unpaired) electrons. The smallest absolute Gasteiger partial charge is 0.282 e. The van der Waals surface area contributed by atoms with Crippen molar-refractivity contribution in [3.05, 3.63) is 59.1 Å². The Morgan fingerprint density at radius 2 is 1.75 bits per heavy atom. The molecule has 0 bridgehead atoms. The maximum absolute atomic E-state index is 12.5. The first kappa shape index (κ1) is 22.4. The summed E-state index contributed by atoms with van der Waals surface area (Å²) in [5.41, 5.74) is 1.60. The first-order valence-electron chi connectivity index (χ1n) is 9.08. The number of sulfonamides is 1. The zero-order valence-electron chi connectivity index (χ0n) is 16.5. The Balaban J connectivity index is 1.99. The molecular weight excluding hydrogens is 398 g/mol. The minimum atomic E-state index is -3.55. The minimum Gasteiger partial charge on any atom is -0.324 e. The van der Waals surface area contributed by atoms with Gasteiger partial charge in [-0.1, -0.05) is 23.7 Å². The molecule has 28 heavy (non-hydrogen) atoms. The van der Waals surface area contributed by atoms with E-state index in [0.29, 0.717) is 17.3 Å². The van der Waals surface area contributed by atoms with Gasteiger partial charge in [0, 0.05) is 22.3 Å². The number of rotatable bonds is 8. The average Bonchev–Trinajstić information content (AvgIpc) is 2.60. The van der Waals surface area contributed by atoms with Gasteiger partial charge in [-0.05, 0) is 57.2 Å². The molecule has 0 heterocycles. The highest BCUT2D eigenvalue weighted by molar-refractivity contribution is 7.89. The van der Waals surface area contributed by atoms with Crippen LogP contribution in [0.2, 0.25) is 5.02 Å². The van der Waals surface area contributed by atoms with E-state index in [9.17, 15) is 13.2 Å². The molecule has 0 spiro atoms. The quantitative estimate of drug-likeness (QED) is 0.607. The molecule has 0 saturated carbocycles. The first-order valence-corrected chi connectivity index (χ1v) is 10.9. The lowest BCUT2D eigenvalue weighted by molar-refractivity contribution is -0.907. The number of carbonyl (C=O) groups excluding carboxylic acids is 1. The third-order valence-corrected chi connectivity index (χ3v) is 6.24. The van der Waals surface area contributed by atoms with Crippen molar-refractivity contribution >= 4 is 33.2 Å². The van der Waals surface area contributed by atoms with Crippen LogP contribution in [-0.2, 0) is 21.4 Å². The van der Waals surface area contributed by atoms with Crippen molar-refractivity contribution in [1.29, 1.82) is 0 Å². The van der Waals surface area contributed by atoms with E-state index in [1.165, 1.54) is 12.1 Å². The summed E-state index contributed by atoms with van der Waals surface area (Å²) < 4.78 is 26.8. The minimum absolute atomic E-state index is 0.143. The number of amides is 1. The van der Waals surface area contributed by atoms with Crippen molar-refractivity contribution < 1.29 is 18.1 Å². The van der Waals surface area contributed by atoms with Crippen molar-refractivity contribution in [3.8, 4) is 0 Å². The molecule has 2 rings (SSSR count). The second-order valence-corrected chi connectivity index (χ2v) is 9.31. The largest absolute Gasteiger partial charge is 0.324 e. The summed E-state index contributed by atoms with van der Waals surface area (Å²) in [6.45, 7) is 6.03.